The summed E-state index contributed by atoms with van der Waals surface area (Å²) in [6.45, 7) is 0.322. The van der Waals surface area contributed by atoms with E-state index < -0.39 is 11.9 Å². The molecule has 4 nitrogen and oxygen atoms in total. The van der Waals surface area contributed by atoms with Gasteiger partial charge in [0.15, 0.2) is 5.69 Å². The fourth-order valence-electron chi connectivity index (χ4n) is 1.76. The molecule has 0 aromatic carbocycles. The molecule has 0 spiro atoms. The molecule has 0 radical (unpaired) electrons. The maximum Gasteiger partial charge on any atom is 0.434 e. The summed E-state index contributed by atoms with van der Waals surface area (Å²) in [5.41, 5.74) is -1.08. The second-order valence-electron chi connectivity index (χ2n) is 4.09. The van der Waals surface area contributed by atoms with Gasteiger partial charge in [0, 0.05) is 24.5 Å². The van der Waals surface area contributed by atoms with Crippen LogP contribution in [0.4, 0.5) is 19.1 Å². The molecule has 9 heteroatoms. The molecule has 1 aliphatic heterocycles. The highest BCUT2D eigenvalue weighted by molar-refractivity contribution is 9.10. The maximum atomic E-state index is 12.7. The first-order valence-electron chi connectivity index (χ1n) is 5.29. The van der Waals surface area contributed by atoms with Gasteiger partial charge in [-0.05, 0) is 21.8 Å². The molecule has 0 N–H and O–H groups in total. The van der Waals surface area contributed by atoms with E-state index in [0.717, 1.165) is 6.20 Å². The molecule has 19 heavy (non-hydrogen) atoms. The van der Waals surface area contributed by atoms with E-state index in [9.17, 15) is 18.0 Å². The molecule has 2 rings (SSSR count). The van der Waals surface area contributed by atoms with Crippen LogP contribution in [0.15, 0.2) is 10.7 Å². The molecule has 104 valence electrons. The minimum Gasteiger partial charge on any atom is -0.280 e. The van der Waals surface area contributed by atoms with E-state index in [2.05, 4.69) is 41.8 Å². The van der Waals surface area contributed by atoms with Gasteiger partial charge in [-0.1, -0.05) is 15.9 Å². The summed E-state index contributed by atoms with van der Waals surface area (Å²) in [5.74, 6) is -0.405. The average molecular weight is 403 g/mol. The van der Waals surface area contributed by atoms with Crippen LogP contribution in [0, 0.1) is 5.92 Å². The van der Waals surface area contributed by atoms with E-state index >= 15 is 0 Å². The van der Waals surface area contributed by atoms with Gasteiger partial charge in [0.1, 0.15) is 0 Å². The first-order chi connectivity index (χ1) is 8.82. The first kappa shape index (κ1) is 14.7. The zero-order valence-corrected chi connectivity index (χ0v) is 12.6. The Morgan fingerprint density at radius 1 is 1.47 bits per heavy atom. The quantitative estimate of drug-likeness (QED) is 0.714. The Kier molecular flexibility index (Phi) is 4.14. The monoisotopic (exact) mass is 401 g/mol. The number of carbonyl (C=O) groups is 1. The summed E-state index contributed by atoms with van der Waals surface area (Å²) in [7, 11) is 0. The van der Waals surface area contributed by atoms with E-state index in [1.807, 2.05) is 0 Å². The smallest absolute Gasteiger partial charge is 0.280 e. The SMILES string of the molecule is O=C1CC(CBr)CN1c1ncc(Br)c(C(F)(F)F)n1. The molecular formula is C10H8Br2F3N3O. The number of amides is 1. The first-order valence-corrected chi connectivity index (χ1v) is 7.20. The summed E-state index contributed by atoms with van der Waals surface area (Å²) in [4.78, 5) is 20.1. The number of anilines is 1. The summed E-state index contributed by atoms with van der Waals surface area (Å²) >= 11 is 6.01. The van der Waals surface area contributed by atoms with Crippen molar-refractivity contribution in [1.29, 1.82) is 0 Å². The predicted octanol–water partition coefficient (Wildman–Crippen LogP) is 3.01. The van der Waals surface area contributed by atoms with Gasteiger partial charge in [0.05, 0.1) is 4.47 Å². The van der Waals surface area contributed by atoms with Gasteiger partial charge in [-0.2, -0.15) is 13.2 Å². The summed E-state index contributed by atoms with van der Waals surface area (Å²) in [6.07, 6.45) is -3.29. The molecule has 0 saturated carbocycles. The molecule has 1 amide bonds. The number of carbonyl (C=O) groups excluding carboxylic acids is 1. The van der Waals surface area contributed by atoms with Crippen LogP contribution in [-0.4, -0.2) is 27.7 Å². The minimum absolute atomic E-state index is 0.0640. The molecule has 1 aromatic rings. The highest BCUT2D eigenvalue weighted by atomic mass is 79.9. The molecule has 1 aliphatic rings. The molecule has 1 aromatic heterocycles. The molecule has 0 aliphatic carbocycles. The number of halogens is 5. The highest BCUT2D eigenvalue weighted by Gasteiger charge is 2.38. The Balaban J connectivity index is 2.34. The van der Waals surface area contributed by atoms with Crippen molar-refractivity contribution in [3.63, 3.8) is 0 Å². The zero-order valence-electron chi connectivity index (χ0n) is 9.42. The van der Waals surface area contributed by atoms with Gasteiger partial charge in [0.2, 0.25) is 11.9 Å². The zero-order chi connectivity index (χ0) is 14.2. The third-order valence-corrected chi connectivity index (χ3v) is 4.16. The molecule has 1 unspecified atom stereocenters. The van der Waals surface area contributed by atoms with Crippen LogP contribution in [0.5, 0.6) is 0 Å². The fourth-order valence-corrected chi connectivity index (χ4v) is 2.61. The lowest BCUT2D eigenvalue weighted by Crippen LogP contribution is -2.28. The number of hydrogen-bond donors (Lipinski definition) is 0. The highest BCUT2D eigenvalue weighted by Crippen LogP contribution is 2.34. The normalized spacial score (nSPS) is 20.2. The summed E-state index contributed by atoms with van der Waals surface area (Å²) < 4.78 is 37.9. The van der Waals surface area contributed by atoms with Crippen LogP contribution < -0.4 is 4.90 Å². The maximum absolute atomic E-state index is 12.7. The van der Waals surface area contributed by atoms with Crippen LogP contribution in [0.3, 0.4) is 0 Å². The molecule has 1 atom stereocenters. The molecule has 0 bridgehead atoms. The lowest BCUT2D eigenvalue weighted by Gasteiger charge is -2.16. The summed E-state index contributed by atoms with van der Waals surface area (Å²) in [5, 5.41) is 0.609. The van der Waals surface area contributed by atoms with Crippen molar-refractivity contribution >= 4 is 43.7 Å². The average Bonchev–Trinajstić information content (AvgIpc) is 2.70. The van der Waals surface area contributed by atoms with Gasteiger partial charge >= 0.3 is 6.18 Å². The topological polar surface area (TPSA) is 46.1 Å². The van der Waals surface area contributed by atoms with Crippen LogP contribution in [0.25, 0.3) is 0 Å². The molecule has 1 saturated heterocycles. The lowest BCUT2D eigenvalue weighted by molar-refractivity contribution is -0.141. The third-order valence-electron chi connectivity index (χ3n) is 2.66. The fraction of sp³-hybridized carbons (Fsp3) is 0.500. The van der Waals surface area contributed by atoms with Gasteiger partial charge in [-0.25, -0.2) is 9.97 Å². The Labute approximate surface area is 123 Å². The Hall–Kier alpha value is -0.700. The molecular weight excluding hydrogens is 395 g/mol. The van der Waals surface area contributed by atoms with Gasteiger partial charge < -0.3 is 0 Å². The van der Waals surface area contributed by atoms with Crippen molar-refractivity contribution in [3.8, 4) is 0 Å². The van der Waals surface area contributed by atoms with Crippen LogP contribution in [0.1, 0.15) is 12.1 Å². The Morgan fingerprint density at radius 2 is 2.16 bits per heavy atom. The minimum atomic E-state index is -4.59. The standard InChI is InChI=1S/C10H8Br2F3N3O/c11-2-5-1-7(19)18(4-5)9-16-3-6(12)8(17-9)10(13,14)15/h3,5H,1-2,4H2. The second-order valence-corrected chi connectivity index (χ2v) is 5.59. The number of alkyl halides is 4. The van der Waals surface area contributed by atoms with Crippen molar-refractivity contribution < 1.29 is 18.0 Å². The van der Waals surface area contributed by atoms with Crippen LogP contribution in [0.2, 0.25) is 0 Å². The van der Waals surface area contributed by atoms with E-state index in [1.165, 1.54) is 4.90 Å². The lowest BCUT2D eigenvalue weighted by atomic mass is 10.2. The molecule has 2 heterocycles. The second kappa shape index (κ2) is 5.35. The van der Waals surface area contributed by atoms with Gasteiger partial charge in [0.25, 0.3) is 0 Å². The van der Waals surface area contributed by atoms with E-state index in [4.69, 9.17) is 0 Å². The van der Waals surface area contributed by atoms with E-state index in [0.29, 0.717) is 11.9 Å². The Morgan fingerprint density at radius 3 is 2.68 bits per heavy atom. The number of hydrogen-bond acceptors (Lipinski definition) is 3. The number of rotatable bonds is 2. The van der Waals surface area contributed by atoms with Crippen molar-refractivity contribution in [1.82, 2.24) is 9.97 Å². The number of nitrogens with zero attached hydrogens (tertiary/aromatic N) is 3. The Bertz CT molecular complexity index is 509. The largest absolute Gasteiger partial charge is 0.434 e. The van der Waals surface area contributed by atoms with E-state index in [-0.39, 0.29) is 28.7 Å². The predicted molar refractivity (Wildman–Crippen MR) is 69.0 cm³/mol. The van der Waals surface area contributed by atoms with Gasteiger partial charge in [-0.3, -0.25) is 9.69 Å². The van der Waals surface area contributed by atoms with Crippen molar-refractivity contribution in [2.75, 3.05) is 16.8 Å². The third kappa shape index (κ3) is 3.07. The molecule has 1 fully saturated rings. The van der Waals surface area contributed by atoms with E-state index in [1.54, 1.807) is 0 Å². The summed E-state index contributed by atoms with van der Waals surface area (Å²) in [6, 6.07) is 0. The van der Waals surface area contributed by atoms with Crippen molar-refractivity contribution in [3.05, 3.63) is 16.4 Å². The van der Waals surface area contributed by atoms with Crippen LogP contribution in [-0.2, 0) is 11.0 Å². The number of aromatic nitrogens is 2. The van der Waals surface area contributed by atoms with Crippen molar-refractivity contribution in [2.24, 2.45) is 5.92 Å². The van der Waals surface area contributed by atoms with Gasteiger partial charge in [-0.15, -0.1) is 0 Å². The van der Waals surface area contributed by atoms with Crippen LogP contribution >= 0.6 is 31.9 Å². The van der Waals surface area contributed by atoms with Crippen molar-refractivity contribution in [2.45, 2.75) is 12.6 Å².